The maximum Gasteiger partial charge on any atom is 0.248 e. The zero-order chi connectivity index (χ0) is 18.9. The van der Waals surface area contributed by atoms with Crippen molar-refractivity contribution in [3.05, 3.63) is 59.7 Å². The molecule has 0 bridgehead atoms. The van der Waals surface area contributed by atoms with Crippen LogP contribution < -0.4 is 20.5 Å². The normalized spacial score (nSPS) is 10.5. The van der Waals surface area contributed by atoms with Crippen molar-refractivity contribution >= 4 is 17.9 Å². The van der Waals surface area contributed by atoms with Gasteiger partial charge in [-0.2, -0.15) is 0 Å². The Morgan fingerprint density at radius 2 is 2.04 bits per heavy atom. The fraction of sp³-hybridized carbons (Fsp3) is 0.158. The van der Waals surface area contributed by atoms with Crippen LogP contribution in [0.2, 0.25) is 0 Å². The van der Waals surface area contributed by atoms with Gasteiger partial charge in [-0.3, -0.25) is 9.59 Å². The first kappa shape index (κ1) is 18.9. The summed E-state index contributed by atoms with van der Waals surface area (Å²) in [6.07, 6.45) is 3.08. The molecule has 4 N–H and O–H groups in total. The number of rotatable bonds is 8. The first-order chi connectivity index (χ1) is 12.5. The summed E-state index contributed by atoms with van der Waals surface area (Å²) in [4.78, 5) is 22.8. The quantitative estimate of drug-likeness (QED) is 0.492. The number of aromatic hydroxyl groups is 1. The average Bonchev–Trinajstić information content (AvgIpc) is 2.64. The van der Waals surface area contributed by atoms with Crippen LogP contribution in [0.15, 0.2) is 48.5 Å². The van der Waals surface area contributed by atoms with Crippen LogP contribution in [0.25, 0.3) is 6.08 Å². The van der Waals surface area contributed by atoms with Gasteiger partial charge in [0.05, 0.1) is 13.7 Å². The number of carbonyl (C=O) groups is 2. The van der Waals surface area contributed by atoms with Gasteiger partial charge in [-0.05, 0) is 42.0 Å². The summed E-state index contributed by atoms with van der Waals surface area (Å²) < 4.78 is 10.5. The minimum Gasteiger partial charge on any atom is -0.504 e. The summed E-state index contributed by atoms with van der Waals surface area (Å²) in [6, 6.07) is 11.4. The van der Waals surface area contributed by atoms with E-state index < -0.39 is 5.91 Å². The number of phenols is 1. The van der Waals surface area contributed by atoms with Gasteiger partial charge in [0.15, 0.2) is 11.5 Å². The Labute approximate surface area is 151 Å². The Bertz CT molecular complexity index is 817. The molecule has 2 rings (SSSR count). The lowest BCUT2D eigenvalue weighted by Crippen LogP contribution is -2.26. The minimum atomic E-state index is -0.637. The first-order valence-electron chi connectivity index (χ1n) is 7.85. The number of nitrogens with one attached hydrogen (secondary N) is 1. The number of primary amides is 1. The van der Waals surface area contributed by atoms with E-state index in [1.807, 2.05) is 24.3 Å². The first-order valence-corrected chi connectivity index (χ1v) is 7.85. The lowest BCUT2D eigenvalue weighted by Gasteiger charge is -2.09. The Hall–Kier alpha value is -3.48. The van der Waals surface area contributed by atoms with Gasteiger partial charge in [0.1, 0.15) is 12.4 Å². The zero-order valence-corrected chi connectivity index (χ0v) is 14.3. The van der Waals surface area contributed by atoms with Crippen molar-refractivity contribution in [1.29, 1.82) is 0 Å². The van der Waals surface area contributed by atoms with E-state index in [4.69, 9.17) is 15.2 Å². The lowest BCUT2D eigenvalue weighted by molar-refractivity contribution is -0.116. The second-order valence-electron chi connectivity index (χ2n) is 5.30. The van der Waals surface area contributed by atoms with Crippen molar-refractivity contribution in [2.45, 2.75) is 0 Å². The summed E-state index contributed by atoms with van der Waals surface area (Å²) in [5.74, 6) is -0.184. The van der Waals surface area contributed by atoms with Crippen molar-refractivity contribution < 1.29 is 24.2 Å². The number of hydrogen-bond donors (Lipinski definition) is 3. The molecule has 26 heavy (non-hydrogen) atoms. The summed E-state index contributed by atoms with van der Waals surface area (Å²) in [6.45, 7) is 0.403. The van der Waals surface area contributed by atoms with Gasteiger partial charge < -0.3 is 25.6 Å². The van der Waals surface area contributed by atoms with Gasteiger partial charge in [0.25, 0.3) is 0 Å². The van der Waals surface area contributed by atoms with E-state index in [0.29, 0.717) is 5.75 Å². The molecule has 0 aliphatic carbocycles. The maximum atomic E-state index is 11.8. The Morgan fingerprint density at radius 3 is 2.73 bits per heavy atom. The molecule has 0 radical (unpaired) electrons. The predicted molar refractivity (Wildman–Crippen MR) is 97.2 cm³/mol. The van der Waals surface area contributed by atoms with Gasteiger partial charge in [0, 0.05) is 11.6 Å². The molecule has 7 nitrogen and oxygen atoms in total. The average molecular weight is 356 g/mol. The molecule has 136 valence electrons. The fourth-order valence-corrected chi connectivity index (χ4v) is 2.10. The monoisotopic (exact) mass is 356 g/mol. The van der Waals surface area contributed by atoms with E-state index >= 15 is 0 Å². The summed E-state index contributed by atoms with van der Waals surface area (Å²) in [5.41, 5.74) is 6.15. The van der Waals surface area contributed by atoms with Gasteiger partial charge in [-0.15, -0.1) is 0 Å². The largest absolute Gasteiger partial charge is 0.504 e. The number of ether oxygens (including phenoxy) is 2. The standard InChI is InChI=1S/C19H20N2O5/c1-25-15-4-2-3-13(11-15)5-8-18(23)21-9-10-26-17-7-6-14(19(20)24)12-16(17)22/h2-8,11-12,22H,9-10H2,1H3,(H2,20,24)(H,21,23)/b8-5+. The number of amides is 2. The van der Waals surface area contributed by atoms with E-state index in [9.17, 15) is 14.7 Å². The number of carbonyl (C=O) groups excluding carboxylic acids is 2. The van der Waals surface area contributed by atoms with E-state index in [0.717, 1.165) is 5.56 Å². The van der Waals surface area contributed by atoms with Crippen LogP contribution in [0, 0.1) is 0 Å². The van der Waals surface area contributed by atoms with Crippen LogP contribution in [0.3, 0.4) is 0 Å². The van der Waals surface area contributed by atoms with Crippen LogP contribution in [0.5, 0.6) is 17.2 Å². The van der Waals surface area contributed by atoms with Crippen LogP contribution in [-0.2, 0) is 4.79 Å². The molecule has 0 aromatic heterocycles. The van der Waals surface area contributed by atoms with Gasteiger partial charge in [0.2, 0.25) is 11.8 Å². The number of phenolic OH excluding ortho intramolecular Hbond substituents is 1. The maximum absolute atomic E-state index is 11.8. The van der Waals surface area contributed by atoms with Crippen LogP contribution in [-0.4, -0.2) is 37.2 Å². The minimum absolute atomic E-state index is 0.155. The highest BCUT2D eigenvalue weighted by atomic mass is 16.5. The number of methoxy groups -OCH3 is 1. The summed E-state index contributed by atoms with van der Waals surface area (Å²) in [5, 5.41) is 12.4. The lowest BCUT2D eigenvalue weighted by atomic mass is 10.2. The highest BCUT2D eigenvalue weighted by Crippen LogP contribution is 2.26. The summed E-state index contributed by atoms with van der Waals surface area (Å²) in [7, 11) is 1.58. The second-order valence-corrected chi connectivity index (χ2v) is 5.30. The molecule has 0 saturated carbocycles. The van der Waals surface area contributed by atoms with E-state index in [1.165, 1.54) is 24.3 Å². The smallest absolute Gasteiger partial charge is 0.248 e. The van der Waals surface area contributed by atoms with Gasteiger partial charge in [-0.25, -0.2) is 0 Å². The molecule has 0 atom stereocenters. The molecule has 0 heterocycles. The number of benzene rings is 2. The molecule has 0 unspecified atom stereocenters. The van der Waals surface area contributed by atoms with Gasteiger partial charge in [-0.1, -0.05) is 12.1 Å². The Morgan fingerprint density at radius 1 is 1.23 bits per heavy atom. The molecule has 2 amide bonds. The number of nitrogens with two attached hydrogens (primary N) is 1. The molecule has 2 aromatic carbocycles. The van der Waals surface area contributed by atoms with Crippen molar-refractivity contribution in [1.82, 2.24) is 5.32 Å². The molecule has 0 saturated heterocycles. The van der Waals surface area contributed by atoms with Crippen LogP contribution in [0.1, 0.15) is 15.9 Å². The molecule has 7 heteroatoms. The molecule has 0 spiro atoms. The van der Waals surface area contributed by atoms with Crippen molar-refractivity contribution in [3.63, 3.8) is 0 Å². The van der Waals surface area contributed by atoms with Crippen molar-refractivity contribution in [2.75, 3.05) is 20.3 Å². The molecular weight excluding hydrogens is 336 g/mol. The van der Waals surface area contributed by atoms with Gasteiger partial charge >= 0.3 is 0 Å². The molecule has 0 aliphatic rings. The molecule has 0 fully saturated rings. The molecule has 2 aromatic rings. The summed E-state index contributed by atoms with van der Waals surface area (Å²) >= 11 is 0. The third kappa shape index (κ3) is 5.55. The second kappa shape index (κ2) is 9.12. The predicted octanol–water partition coefficient (Wildman–Crippen LogP) is 1.71. The Balaban J connectivity index is 1.78. The molecular formula is C19H20N2O5. The van der Waals surface area contributed by atoms with E-state index in [-0.39, 0.29) is 36.1 Å². The van der Waals surface area contributed by atoms with Crippen LogP contribution in [0.4, 0.5) is 0 Å². The zero-order valence-electron chi connectivity index (χ0n) is 14.3. The Kier molecular flexibility index (Phi) is 6.61. The van der Waals surface area contributed by atoms with E-state index in [2.05, 4.69) is 5.32 Å². The van der Waals surface area contributed by atoms with Crippen molar-refractivity contribution in [2.24, 2.45) is 5.73 Å². The topological polar surface area (TPSA) is 111 Å². The highest BCUT2D eigenvalue weighted by Gasteiger charge is 2.07. The highest BCUT2D eigenvalue weighted by molar-refractivity contribution is 5.93. The van der Waals surface area contributed by atoms with E-state index in [1.54, 1.807) is 13.2 Å². The fourth-order valence-electron chi connectivity index (χ4n) is 2.10. The van der Waals surface area contributed by atoms with Crippen molar-refractivity contribution in [3.8, 4) is 17.2 Å². The molecule has 0 aliphatic heterocycles. The third-order valence-corrected chi connectivity index (χ3v) is 3.42. The number of hydrogen-bond acceptors (Lipinski definition) is 5. The third-order valence-electron chi connectivity index (χ3n) is 3.42. The SMILES string of the molecule is COc1cccc(/C=C/C(=O)NCCOc2ccc(C(N)=O)cc2O)c1. The van der Waals surface area contributed by atoms with Crippen LogP contribution >= 0.6 is 0 Å².